The van der Waals surface area contributed by atoms with E-state index in [2.05, 4.69) is 10.1 Å². The minimum atomic E-state index is -0.389. The van der Waals surface area contributed by atoms with Crippen LogP contribution in [0.1, 0.15) is 36.3 Å². The van der Waals surface area contributed by atoms with Crippen LogP contribution in [0.5, 0.6) is 0 Å². The number of H-pyrrole nitrogens is 1. The van der Waals surface area contributed by atoms with Crippen molar-refractivity contribution in [2.75, 3.05) is 13.1 Å². The zero-order chi connectivity index (χ0) is 14.7. The molecule has 0 spiro atoms. The smallest absolute Gasteiger partial charge is 0.336 e. The van der Waals surface area contributed by atoms with E-state index in [1.54, 1.807) is 17.0 Å². The molecule has 0 saturated carbocycles. The first-order chi connectivity index (χ1) is 10.3. The molecule has 1 amide bonds. The van der Waals surface area contributed by atoms with Gasteiger partial charge in [-0.25, -0.2) is 4.79 Å². The first-order valence-electron chi connectivity index (χ1n) is 7.30. The summed E-state index contributed by atoms with van der Waals surface area (Å²) in [6.07, 6.45) is 4.32. The Morgan fingerprint density at radius 3 is 2.38 bits per heavy atom. The van der Waals surface area contributed by atoms with Crippen LogP contribution in [-0.2, 0) is 0 Å². The van der Waals surface area contributed by atoms with Gasteiger partial charge in [0.1, 0.15) is 0 Å². The summed E-state index contributed by atoms with van der Waals surface area (Å²) < 4.78 is 1.23. The van der Waals surface area contributed by atoms with Gasteiger partial charge in [-0.1, -0.05) is 31.0 Å². The highest BCUT2D eigenvalue weighted by Crippen LogP contribution is 2.11. The van der Waals surface area contributed by atoms with Crippen molar-refractivity contribution in [2.45, 2.75) is 25.7 Å². The molecule has 2 heterocycles. The van der Waals surface area contributed by atoms with Gasteiger partial charge in [0.2, 0.25) is 5.82 Å². The molecule has 1 aliphatic rings. The Kier molecular flexibility index (Phi) is 3.85. The molecule has 0 radical (unpaired) electrons. The van der Waals surface area contributed by atoms with E-state index in [0.29, 0.717) is 5.69 Å². The number of hydrogen-bond donors (Lipinski definition) is 1. The minimum Gasteiger partial charge on any atom is -0.336 e. The van der Waals surface area contributed by atoms with Gasteiger partial charge in [-0.3, -0.25) is 9.78 Å². The molecule has 0 atom stereocenters. The lowest BCUT2D eigenvalue weighted by atomic mass is 10.2. The Morgan fingerprint density at radius 1 is 1.05 bits per heavy atom. The maximum absolute atomic E-state index is 12.4. The maximum Gasteiger partial charge on any atom is 0.348 e. The van der Waals surface area contributed by atoms with Gasteiger partial charge in [-0.2, -0.15) is 4.68 Å². The van der Waals surface area contributed by atoms with Crippen LogP contribution < -0.4 is 5.69 Å². The average molecular weight is 286 g/mol. The normalized spacial score (nSPS) is 15.7. The van der Waals surface area contributed by atoms with Crippen molar-refractivity contribution in [3.05, 3.63) is 46.6 Å². The standard InChI is InChI=1S/C15H18N4O2/c20-14(18-10-6-1-2-7-11-18)13-16-15(21)19(17-13)12-8-4-3-5-9-12/h3-5,8-9H,1-2,6-7,10-11H2,(H,16,17,21). The number of carbonyl (C=O) groups excluding carboxylic acids is 1. The molecule has 3 rings (SSSR count). The van der Waals surface area contributed by atoms with E-state index >= 15 is 0 Å². The summed E-state index contributed by atoms with van der Waals surface area (Å²) in [5.74, 6) is -0.0746. The van der Waals surface area contributed by atoms with Gasteiger partial charge in [-0.05, 0) is 25.0 Å². The highest BCUT2D eigenvalue weighted by atomic mass is 16.2. The molecule has 1 saturated heterocycles. The van der Waals surface area contributed by atoms with E-state index in [4.69, 9.17) is 0 Å². The Morgan fingerprint density at radius 2 is 1.71 bits per heavy atom. The van der Waals surface area contributed by atoms with Crippen molar-refractivity contribution in [2.24, 2.45) is 0 Å². The number of amides is 1. The van der Waals surface area contributed by atoms with Crippen LogP contribution in [0, 0.1) is 0 Å². The SMILES string of the molecule is O=C(c1nn(-c2ccccc2)c(=O)[nH]1)N1CCCCCC1. The number of carbonyl (C=O) groups is 1. The fourth-order valence-corrected chi connectivity index (χ4v) is 2.59. The van der Waals surface area contributed by atoms with E-state index in [1.165, 1.54) is 4.68 Å². The first kappa shape index (κ1) is 13.6. The molecule has 0 unspecified atom stereocenters. The van der Waals surface area contributed by atoms with Crippen LogP contribution in [0.4, 0.5) is 0 Å². The van der Waals surface area contributed by atoms with Crippen LogP contribution in [-0.4, -0.2) is 38.7 Å². The largest absolute Gasteiger partial charge is 0.348 e. The van der Waals surface area contributed by atoms with Crippen LogP contribution in [0.2, 0.25) is 0 Å². The maximum atomic E-state index is 12.4. The number of aromatic nitrogens is 3. The summed E-state index contributed by atoms with van der Waals surface area (Å²) in [6, 6.07) is 9.08. The van der Waals surface area contributed by atoms with Crippen LogP contribution in [0.15, 0.2) is 35.1 Å². The molecule has 1 aromatic heterocycles. The fraction of sp³-hybridized carbons (Fsp3) is 0.400. The molecule has 1 N–H and O–H groups in total. The third-order valence-corrected chi connectivity index (χ3v) is 3.71. The lowest BCUT2D eigenvalue weighted by Crippen LogP contribution is -2.32. The molecular formula is C15H18N4O2. The van der Waals surface area contributed by atoms with E-state index < -0.39 is 0 Å². The predicted octanol–water partition coefficient (Wildman–Crippen LogP) is 1.58. The van der Waals surface area contributed by atoms with Crippen molar-refractivity contribution in [3.63, 3.8) is 0 Å². The van der Waals surface area contributed by atoms with E-state index in [9.17, 15) is 9.59 Å². The Hall–Kier alpha value is -2.37. The van der Waals surface area contributed by atoms with Gasteiger partial charge in [-0.15, -0.1) is 5.10 Å². The monoisotopic (exact) mass is 286 g/mol. The van der Waals surface area contributed by atoms with Crippen molar-refractivity contribution in [1.82, 2.24) is 19.7 Å². The average Bonchev–Trinajstić information content (AvgIpc) is 2.74. The number of nitrogens with zero attached hydrogens (tertiary/aromatic N) is 3. The summed E-state index contributed by atoms with van der Waals surface area (Å²) in [5.41, 5.74) is 0.257. The lowest BCUT2D eigenvalue weighted by molar-refractivity contribution is 0.0749. The molecule has 110 valence electrons. The van der Waals surface area contributed by atoms with Gasteiger partial charge in [0.25, 0.3) is 5.91 Å². The molecular weight excluding hydrogens is 268 g/mol. The van der Waals surface area contributed by atoms with Gasteiger partial charge < -0.3 is 4.90 Å². The van der Waals surface area contributed by atoms with Crippen molar-refractivity contribution in [1.29, 1.82) is 0 Å². The predicted molar refractivity (Wildman–Crippen MR) is 78.6 cm³/mol. The van der Waals surface area contributed by atoms with Gasteiger partial charge in [0.15, 0.2) is 0 Å². The molecule has 6 nitrogen and oxygen atoms in total. The second-order valence-corrected chi connectivity index (χ2v) is 5.23. The Balaban J connectivity index is 1.86. The molecule has 1 fully saturated rings. The molecule has 6 heteroatoms. The van der Waals surface area contributed by atoms with Gasteiger partial charge in [0.05, 0.1) is 5.69 Å². The molecule has 1 aliphatic heterocycles. The number of hydrogen-bond acceptors (Lipinski definition) is 3. The summed E-state index contributed by atoms with van der Waals surface area (Å²) in [4.78, 5) is 28.7. The second-order valence-electron chi connectivity index (χ2n) is 5.23. The number of aromatic amines is 1. The summed E-state index contributed by atoms with van der Waals surface area (Å²) in [6.45, 7) is 1.47. The van der Waals surface area contributed by atoms with Crippen LogP contribution in [0.25, 0.3) is 5.69 Å². The van der Waals surface area contributed by atoms with E-state index in [-0.39, 0.29) is 17.4 Å². The minimum absolute atomic E-state index is 0.116. The molecule has 0 aliphatic carbocycles. The second kappa shape index (κ2) is 5.95. The molecule has 0 bridgehead atoms. The summed E-state index contributed by atoms with van der Waals surface area (Å²) in [7, 11) is 0. The van der Waals surface area contributed by atoms with Gasteiger partial charge in [0, 0.05) is 13.1 Å². The quantitative estimate of drug-likeness (QED) is 0.911. The van der Waals surface area contributed by atoms with Crippen molar-refractivity contribution < 1.29 is 4.79 Å². The zero-order valence-corrected chi connectivity index (χ0v) is 11.8. The van der Waals surface area contributed by atoms with Crippen molar-refractivity contribution >= 4 is 5.91 Å². The van der Waals surface area contributed by atoms with Crippen LogP contribution >= 0.6 is 0 Å². The molecule has 2 aromatic rings. The number of nitrogens with one attached hydrogen (secondary N) is 1. The van der Waals surface area contributed by atoms with Crippen molar-refractivity contribution in [3.8, 4) is 5.69 Å². The number of likely N-dealkylation sites (tertiary alicyclic amines) is 1. The highest BCUT2D eigenvalue weighted by Gasteiger charge is 2.21. The third-order valence-electron chi connectivity index (χ3n) is 3.71. The van der Waals surface area contributed by atoms with E-state index in [0.717, 1.165) is 38.8 Å². The summed E-state index contributed by atoms with van der Waals surface area (Å²) >= 11 is 0. The first-order valence-corrected chi connectivity index (χ1v) is 7.30. The summed E-state index contributed by atoms with van der Waals surface area (Å²) in [5, 5.41) is 4.14. The Labute approximate surface area is 122 Å². The van der Waals surface area contributed by atoms with Crippen LogP contribution in [0.3, 0.4) is 0 Å². The highest BCUT2D eigenvalue weighted by molar-refractivity contribution is 5.90. The van der Waals surface area contributed by atoms with Gasteiger partial charge >= 0.3 is 5.69 Å². The molecule has 1 aromatic carbocycles. The Bertz CT molecular complexity index is 666. The lowest BCUT2D eigenvalue weighted by Gasteiger charge is -2.18. The number of benzene rings is 1. The van der Waals surface area contributed by atoms with E-state index in [1.807, 2.05) is 18.2 Å². The fourth-order valence-electron chi connectivity index (χ4n) is 2.59. The third kappa shape index (κ3) is 2.89. The zero-order valence-electron chi connectivity index (χ0n) is 11.8. The topological polar surface area (TPSA) is 71.0 Å². The number of para-hydroxylation sites is 1. The number of rotatable bonds is 2. The molecule has 21 heavy (non-hydrogen) atoms.